The highest BCUT2D eigenvalue weighted by atomic mass is 16.5. The van der Waals surface area contributed by atoms with E-state index in [4.69, 9.17) is 9.47 Å². The van der Waals surface area contributed by atoms with Crippen molar-refractivity contribution in [2.24, 2.45) is 11.8 Å². The summed E-state index contributed by atoms with van der Waals surface area (Å²) in [7, 11) is 2.98. The maximum atomic E-state index is 12.8. The number of ether oxygens (including phenoxy) is 2. The van der Waals surface area contributed by atoms with E-state index in [1.165, 1.54) is 7.11 Å². The fourth-order valence-electron chi connectivity index (χ4n) is 3.65. The molecule has 26 heavy (non-hydrogen) atoms. The normalized spacial score (nSPS) is 21.0. The first-order chi connectivity index (χ1) is 12.5. The van der Waals surface area contributed by atoms with Gasteiger partial charge in [0.1, 0.15) is 5.75 Å². The van der Waals surface area contributed by atoms with Gasteiger partial charge in [0.25, 0.3) is 0 Å². The van der Waals surface area contributed by atoms with Crippen molar-refractivity contribution in [3.8, 4) is 5.75 Å². The fourth-order valence-corrected chi connectivity index (χ4v) is 3.65. The highest BCUT2D eigenvalue weighted by Gasteiger charge is 2.38. The number of amides is 2. The predicted molar refractivity (Wildman–Crippen MR) is 94.8 cm³/mol. The Morgan fingerprint density at radius 1 is 1.04 bits per heavy atom. The molecule has 140 valence electrons. The topological polar surface area (TPSA) is 76.2 Å². The molecule has 1 aromatic rings. The molecule has 7 heteroatoms. The van der Waals surface area contributed by atoms with Crippen molar-refractivity contribution >= 4 is 23.5 Å². The Bertz CT molecular complexity index is 680. The van der Waals surface area contributed by atoms with Gasteiger partial charge in [-0.3, -0.25) is 14.4 Å². The Labute approximate surface area is 152 Å². The number of carbonyl (C=O) groups excluding carboxylic acids is 3. The smallest absolute Gasteiger partial charge is 0.308 e. The first-order valence-corrected chi connectivity index (χ1v) is 8.84. The zero-order valence-electron chi connectivity index (χ0n) is 15.1. The van der Waals surface area contributed by atoms with Gasteiger partial charge in [0, 0.05) is 31.7 Å². The molecule has 2 heterocycles. The van der Waals surface area contributed by atoms with E-state index in [0.29, 0.717) is 32.5 Å². The molecule has 7 nitrogen and oxygen atoms in total. The van der Waals surface area contributed by atoms with E-state index in [1.54, 1.807) is 29.0 Å². The molecular formula is C19H24N2O5. The van der Waals surface area contributed by atoms with Gasteiger partial charge in [0.15, 0.2) is 0 Å². The third-order valence-electron chi connectivity index (χ3n) is 5.20. The largest absolute Gasteiger partial charge is 0.497 e. The second-order valence-electron chi connectivity index (χ2n) is 6.73. The molecule has 0 spiro atoms. The van der Waals surface area contributed by atoms with E-state index in [1.807, 2.05) is 12.1 Å². The third-order valence-corrected chi connectivity index (χ3v) is 5.20. The Hall–Kier alpha value is -2.57. The Morgan fingerprint density at radius 2 is 1.69 bits per heavy atom. The number of nitrogens with zero attached hydrogens (tertiary/aromatic N) is 2. The van der Waals surface area contributed by atoms with Gasteiger partial charge in [-0.15, -0.1) is 0 Å². The molecule has 2 fully saturated rings. The molecule has 2 aliphatic heterocycles. The van der Waals surface area contributed by atoms with Crippen LogP contribution >= 0.6 is 0 Å². The van der Waals surface area contributed by atoms with Crippen LogP contribution in [0.5, 0.6) is 5.75 Å². The molecule has 0 radical (unpaired) electrons. The van der Waals surface area contributed by atoms with Crippen molar-refractivity contribution in [3.63, 3.8) is 0 Å². The second-order valence-corrected chi connectivity index (χ2v) is 6.73. The summed E-state index contributed by atoms with van der Waals surface area (Å²) in [5.41, 5.74) is 0.774. The van der Waals surface area contributed by atoms with Crippen LogP contribution in [0.2, 0.25) is 0 Å². The molecule has 2 amide bonds. The predicted octanol–water partition coefficient (Wildman–Crippen LogP) is 1.46. The minimum atomic E-state index is -0.334. The van der Waals surface area contributed by atoms with E-state index in [-0.39, 0.29) is 36.0 Å². The standard InChI is InChI=1S/C19H24N2O5/c1-25-16-5-3-15(4-6-16)21-12-14(11-17(21)22)18(23)20-9-7-13(8-10-20)19(24)26-2/h3-6,13-14H,7-12H2,1-2H3/t14-/m1/s1. The number of esters is 1. The molecule has 2 saturated heterocycles. The highest BCUT2D eigenvalue weighted by Crippen LogP contribution is 2.29. The number of methoxy groups -OCH3 is 2. The molecule has 0 unspecified atom stereocenters. The first-order valence-electron chi connectivity index (χ1n) is 8.84. The monoisotopic (exact) mass is 360 g/mol. The van der Waals surface area contributed by atoms with Gasteiger partial charge in [-0.1, -0.05) is 0 Å². The summed E-state index contributed by atoms with van der Waals surface area (Å²) in [4.78, 5) is 40.2. The van der Waals surface area contributed by atoms with Crippen molar-refractivity contribution in [2.75, 3.05) is 38.8 Å². The van der Waals surface area contributed by atoms with Gasteiger partial charge < -0.3 is 19.3 Å². The van der Waals surface area contributed by atoms with Crippen LogP contribution in [-0.2, 0) is 19.1 Å². The number of hydrogen-bond donors (Lipinski definition) is 0. The second kappa shape index (κ2) is 7.76. The summed E-state index contributed by atoms with van der Waals surface area (Å²) in [6.45, 7) is 1.46. The average Bonchev–Trinajstić information content (AvgIpc) is 3.08. The number of rotatable bonds is 4. The van der Waals surface area contributed by atoms with Gasteiger partial charge in [-0.25, -0.2) is 0 Å². The molecular weight excluding hydrogens is 336 g/mol. The summed E-state index contributed by atoms with van der Waals surface area (Å²) in [6, 6.07) is 7.25. The molecule has 2 aliphatic rings. The van der Waals surface area contributed by atoms with Crippen LogP contribution in [0, 0.1) is 11.8 Å². The minimum Gasteiger partial charge on any atom is -0.497 e. The van der Waals surface area contributed by atoms with Gasteiger partial charge in [0.2, 0.25) is 11.8 Å². The number of benzene rings is 1. The average molecular weight is 360 g/mol. The summed E-state index contributed by atoms with van der Waals surface area (Å²) in [5, 5.41) is 0. The fraction of sp³-hybridized carbons (Fsp3) is 0.526. The van der Waals surface area contributed by atoms with E-state index >= 15 is 0 Å². The van der Waals surface area contributed by atoms with Gasteiger partial charge in [-0.2, -0.15) is 0 Å². The first kappa shape index (κ1) is 18.2. The van der Waals surface area contributed by atoms with E-state index in [9.17, 15) is 14.4 Å². The van der Waals surface area contributed by atoms with Crippen LogP contribution in [0.25, 0.3) is 0 Å². The maximum absolute atomic E-state index is 12.8. The Kier molecular flexibility index (Phi) is 5.44. The number of carbonyl (C=O) groups is 3. The van der Waals surface area contributed by atoms with Crippen LogP contribution < -0.4 is 9.64 Å². The molecule has 1 atom stereocenters. The van der Waals surface area contributed by atoms with Crippen molar-refractivity contribution in [2.45, 2.75) is 19.3 Å². The van der Waals surface area contributed by atoms with Gasteiger partial charge >= 0.3 is 5.97 Å². The maximum Gasteiger partial charge on any atom is 0.308 e. The molecule has 0 N–H and O–H groups in total. The zero-order chi connectivity index (χ0) is 18.7. The lowest BCUT2D eigenvalue weighted by Crippen LogP contribution is -2.43. The van der Waals surface area contributed by atoms with E-state index in [2.05, 4.69) is 0 Å². The molecule has 0 aliphatic carbocycles. The summed E-state index contributed by atoms with van der Waals surface area (Å²) in [6.07, 6.45) is 1.45. The number of anilines is 1. The van der Waals surface area contributed by atoms with Gasteiger partial charge in [-0.05, 0) is 37.1 Å². The SMILES string of the molecule is COC(=O)C1CCN(C(=O)[C@@H]2CC(=O)N(c3ccc(OC)cc3)C2)CC1. The number of likely N-dealkylation sites (tertiary alicyclic amines) is 1. The lowest BCUT2D eigenvalue weighted by atomic mass is 9.95. The Morgan fingerprint density at radius 3 is 2.27 bits per heavy atom. The van der Waals surface area contributed by atoms with Crippen LogP contribution in [0.15, 0.2) is 24.3 Å². The lowest BCUT2D eigenvalue weighted by Gasteiger charge is -2.32. The minimum absolute atomic E-state index is 0.00215. The van der Waals surface area contributed by atoms with Crippen LogP contribution in [0.1, 0.15) is 19.3 Å². The summed E-state index contributed by atoms with van der Waals surface area (Å²) in [5.74, 6) is 0.000278. The van der Waals surface area contributed by atoms with Crippen molar-refractivity contribution in [1.29, 1.82) is 0 Å². The Balaban J connectivity index is 1.59. The molecule has 3 rings (SSSR count). The number of hydrogen-bond acceptors (Lipinski definition) is 5. The lowest BCUT2D eigenvalue weighted by molar-refractivity contribution is -0.149. The highest BCUT2D eigenvalue weighted by molar-refractivity contribution is 6.00. The van der Waals surface area contributed by atoms with Crippen LogP contribution in [0.4, 0.5) is 5.69 Å². The van der Waals surface area contributed by atoms with Crippen molar-refractivity contribution in [3.05, 3.63) is 24.3 Å². The van der Waals surface area contributed by atoms with E-state index < -0.39 is 0 Å². The van der Waals surface area contributed by atoms with Gasteiger partial charge in [0.05, 0.1) is 26.1 Å². The van der Waals surface area contributed by atoms with Crippen LogP contribution in [-0.4, -0.2) is 56.5 Å². The molecule has 0 bridgehead atoms. The van der Waals surface area contributed by atoms with Crippen molar-refractivity contribution in [1.82, 2.24) is 4.90 Å². The quantitative estimate of drug-likeness (QED) is 0.760. The molecule has 0 saturated carbocycles. The van der Waals surface area contributed by atoms with E-state index in [0.717, 1.165) is 11.4 Å². The zero-order valence-corrected chi connectivity index (χ0v) is 15.1. The van der Waals surface area contributed by atoms with Crippen molar-refractivity contribution < 1.29 is 23.9 Å². The summed E-state index contributed by atoms with van der Waals surface area (Å²) >= 11 is 0. The molecule has 0 aromatic heterocycles. The molecule has 1 aromatic carbocycles. The number of piperidine rings is 1. The third kappa shape index (κ3) is 3.66. The summed E-state index contributed by atoms with van der Waals surface area (Å²) < 4.78 is 9.91. The van der Waals surface area contributed by atoms with Crippen LogP contribution in [0.3, 0.4) is 0 Å².